The fourth-order valence-corrected chi connectivity index (χ4v) is 1.95. The number of benzene rings is 1. The molecular weight excluding hydrogens is 222 g/mol. The Labute approximate surface area is 112 Å². The number of rotatable bonds is 9. The van der Waals surface area contributed by atoms with E-state index in [0.717, 1.165) is 0 Å². The maximum absolute atomic E-state index is 5.85. The Morgan fingerprint density at radius 1 is 1.06 bits per heavy atom. The van der Waals surface area contributed by atoms with E-state index in [2.05, 4.69) is 38.1 Å². The average Bonchev–Trinajstić information content (AvgIpc) is 2.42. The molecule has 1 unspecified atom stereocenters. The smallest absolute Gasteiger partial charge is 0.0720 e. The second-order valence-corrected chi connectivity index (χ2v) is 4.99. The van der Waals surface area contributed by atoms with Crippen LogP contribution in [0.1, 0.15) is 57.1 Å². The van der Waals surface area contributed by atoms with Crippen LogP contribution < -0.4 is 5.73 Å². The molecule has 1 atom stereocenters. The number of nitrogens with two attached hydrogens (primary N) is 1. The molecule has 0 aliphatic carbocycles. The van der Waals surface area contributed by atoms with Crippen LogP contribution in [0.15, 0.2) is 24.3 Å². The quantitative estimate of drug-likeness (QED) is 0.671. The molecular formula is C16H27NO. The summed E-state index contributed by atoms with van der Waals surface area (Å²) in [5.41, 5.74) is 7.97. The van der Waals surface area contributed by atoms with Crippen molar-refractivity contribution < 1.29 is 4.74 Å². The molecule has 0 radical (unpaired) electrons. The molecule has 1 aromatic carbocycles. The molecule has 0 saturated heterocycles. The molecule has 0 amide bonds. The van der Waals surface area contributed by atoms with E-state index < -0.39 is 0 Å². The molecule has 0 bridgehead atoms. The third-order valence-corrected chi connectivity index (χ3v) is 3.26. The molecule has 0 fully saturated rings. The van der Waals surface area contributed by atoms with Crippen LogP contribution in [0.2, 0.25) is 0 Å². The van der Waals surface area contributed by atoms with E-state index in [0.29, 0.717) is 19.3 Å². The van der Waals surface area contributed by atoms with Crippen LogP contribution in [-0.4, -0.2) is 6.10 Å². The lowest BCUT2D eigenvalue weighted by molar-refractivity contribution is 0.0459. The highest BCUT2D eigenvalue weighted by atomic mass is 16.5. The lowest BCUT2D eigenvalue weighted by Crippen LogP contribution is -2.08. The summed E-state index contributed by atoms with van der Waals surface area (Å²) in [6.45, 7) is 5.72. The Balaban J connectivity index is 2.18. The van der Waals surface area contributed by atoms with Gasteiger partial charge in [-0.05, 0) is 24.5 Å². The molecule has 0 aromatic heterocycles. The van der Waals surface area contributed by atoms with Crippen LogP contribution in [0.5, 0.6) is 0 Å². The fraction of sp³-hybridized carbons (Fsp3) is 0.625. The van der Waals surface area contributed by atoms with Crippen molar-refractivity contribution in [2.75, 3.05) is 0 Å². The van der Waals surface area contributed by atoms with E-state index >= 15 is 0 Å². The Kier molecular flexibility index (Phi) is 7.70. The Morgan fingerprint density at radius 3 is 2.33 bits per heavy atom. The van der Waals surface area contributed by atoms with E-state index in [1.807, 2.05) is 0 Å². The van der Waals surface area contributed by atoms with Crippen LogP contribution in [0.25, 0.3) is 0 Å². The predicted molar refractivity (Wildman–Crippen MR) is 77.3 cm³/mol. The van der Waals surface area contributed by atoms with Gasteiger partial charge in [-0.3, -0.25) is 0 Å². The van der Waals surface area contributed by atoms with E-state index in [-0.39, 0.29) is 0 Å². The van der Waals surface area contributed by atoms with Gasteiger partial charge in [-0.1, -0.05) is 56.9 Å². The molecule has 2 nitrogen and oxygen atoms in total. The van der Waals surface area contributed by atoms with Crippen LogP contribution in [0.3, 0.4) is 0 Å². The zero-order valence-electron chi connectivity index (χ0n) is 11.8. The van der Waals surface area contributed by atoms with Gasteiger partial charge in [0.05, 0.1) is 12.7 Å². The summed E-state index contributed by atoms with van der Waals surface area (Å²) in [4.78, 5) is 0. The summed E-state index contributed by atoms with van der Waals surface area (Å²) in [5.74, 6) is 0. The number of hydrogen-bond donors (Lipinski definition) is 1. The summed E-state index contributed by atoms with van der Waals surface area (Å²) in [7, 11) is 0. The maximum atomic E-state index is 5.85. The van der Waals surface area contributed by atoms with Gasteiger partial charge in [0.25, 0.3) is 0 Å². The van der Waals surface area contributed by atoms with Crippen LogP contribution >= 0.6 is 0 Å². The van der Waals surface area contributed by atoms with Gasteiger partial charge < -0.3 is 10.5 Å². The maximum Gasteiger partial charge on any atom is 0.0720 e. The molecule has 0 heterocycles. The van der Waals surface area contributed by atoms with Crippen molar-refractivity contribution in [1.82, 2.24) is 0 Å². The monoisotopic (exact) mass is 249 g/mol. The molecule has 1 aromatic rings. The Morgan fingerprint density at radius 2 is 1.72 bits per heavy atom. The van der Waals surface area contributed by atoms with Crippen molar-refractivity contribution in [2.24, 2.45) is 5.73 Å². The summed E-state index contributed by atoms with van der Waals surface area (Å²) >= 11 is 0. The van der Waals surface area contributed by atoms with Crippen LogP contribution in [0, 0.1) is 0 Å². The first-order chi connectivity index (χ1) is 8.76. The van der Waals surface area contributed by atoms with E-state index in [1.165, 1.54) is 43.2 Å². The number of hydrogen-bond acceptors (Lipinski definition) is 2. The number of unbranched alkanes of at least 4 members (excludes halogenated alkanes) is 3. The van der Waals surface area contributed by atoms with Crippen molar-refractivity contribution >= 4 is 0 Å². The normalized spacial score (nSPS) is 12.6. The molecule has 0 aliphatic heterocycles. The third kappa shape index (κ3) is 6.18. The minimum absolute atomic E-state index is 0.357. The van der Waals surface area contributed by atoms with Gasteiger partial charge in [0, 0.05) is 6.54 Å². The molecule has 1 rings (SSSR count). The molecule has 18 heavy (non-hydrogen) atoms. The summed E-state index contributed by atoms with van der Waals surface area (Å²) < 4.78 is 5.85. The predicted octanol–water partition coefficient (Wildman–Crippen LogP) is 4.02. The first-order valence-electron chi connectivity index (χ1n) is 7.15. The van der Waals surface area contributed by atoms with Gasteiger partial charge in [0.15, 0.2) is 0 Å². The zero-order valence-corrected chi connectivity index (χ0v) is 11.8. The minimum Gasteiger partial charge on any atom is -0.374 e. The molecule has 0 saturated carbocycles. The zero-order chi connectivity index (χ0) is 13.2. The molecule has 0 spiro atoms. The van der Waals surface area contributed by atoms with Gasteiger partial charge >= 0.3 is 0 Å². The Bertz CT molecular complexity index is 307. The third-order valence-electron chi connectivity index (χ3n) is 3.26. The second kappa shape index (κ2) is 9.12. The molecule has 2 heteroatoms. The SMILES string of the molecule is CCCCCCC(C)OCc1ccc(CN)cc1. The van der Waals surface area contributed by atoms with Gasteiger partial charge in [0.1, 0.15) is 0 Å². The van der Waals surface area contributed by atoms with E-state index in [9.17, 15) is 0 Å². The largest absolute Gasteiger partial charge is 0.374 e. The standard InChI is InChI=1S/C16H27NO/c1-3-4-5-6-7-14(2)18-13-16-10-8-15(12-17)9-11-16/h8-11,14H,3-7,12-13,17H2,1-2H3. The first kappa shape index (κ1) is 15.2. The highest BCUT2D eigenvalue weighted by molar-refractivity contribution is 5.21. The fourth-order valence-electron chi connectivity index (χ4n) is 1.95. The second-order valence-electron chi connectivity index (χ2n) is 4.99. The average molecular weight is 249 g/mol. The van der Waals surface area contributed by atoms with Crippen LogP contribution in [0.4, 0.5) is 0 Å². The van der Waals surface area contributed by atoms with Gasteiger partial charge in [0.2, 0.25) is 0 Å². The molecule has 2 N–H and O–H groups in total. The number of ether oxygens (including phenoxy) is 1. The first-order valence-corrected chi connectivity index (χ1v) is 7.15. The van der Waals surface area contributed by atoms with Crippen molar-refractivity contribution in [2.45, 2.75) is 65.2 Å². The Hall–Kier alpha value is -0.860. The van der Waals surface area contributed by atoms with Gasteiger partial charge in [-0.25, -0.2) is 0 Å². The molecule has 0 aliphatic rings. The van der Waals surface area contributed by atoms with Gasteiger partial charge in [-0.15, -0.1) is 0 Å². The minimum atomic E-state index is 0.357. The van der Waals surface area contributed by atoms with Crippen molar-refractivity contribution in [1.29, 1.82) is 0 Å². The summed E-state index contributed by atoms with van der Waals surface area (Å²) in [5, 5.41) is 0. The van der Waals surface area contributed by atoms with Crippen molar-refractivity contribution in [3.05, 3.63) is 35.4 Å². The van der Waals surface area contributed by atoms with Crippen LogP contribution in [-0.2, 0) is 17.9 Å². The van der Waals surface area contributed by atoms with Crippen molar-refractivity contribution in [3.8, 4) is 0 Å². The summed E-state index contributed by atoms with van der Waals surface area (Å²) in [6, 6.07) is 8.35. The van der Waals surface area contributed by atoms with E-state index in [1.54, 1.807) is 0 Å². The molecule has 102 valence electrons. The highest BCUT2D eigenvalue weighted by Gasteiger charge is 2.02. The van der Waals surface area contributed by atoms with Crippen molar-refractivity contribution in [3.63, 3.8) is 0 Å². The summed E-state index contributed by atoms with van der Waals surface area (Å²) in [6.07, 6.45) is 6.77. The lowest BCUT2D eigenvalue weighted by atomic mass is 10.1. The lowest BCUT2D eigenvalue weighted by Gasteiger charge is -2.13. The topological polar surface area (TPSA) is 35.2 Å². The van der Waals surface area contributed by atoms with E-state index in [4.69, 9.17) is 10.5 Å². The highest BCUT2D eigenvalue weighted by Crippen LogP contribution is 2.11. The van der Waals surface area contributed by atoms with Gasteiger partial charge in [-0.2, -0.15) is 0 Å².